The van der Waals surface area contributed by atoms with Crippen LogP contribution in [-0.4, -0.2) is 37.5 Å². The molecule has 0 saturated carbocycles. The quantitative estimate of drug-likeness (QED) is 0.851. The van der Waals surface area contributed by atoms with Gasteiger partial charge in [0.05, 0.1) is 0 Å². The fraction of sp³-hybridized carbons (Fsp3) is 0.385. The summed E-state index contributed by atoms with van der Waals surface area (Å²) in [5, 5.41) is 20.9. The van der Waals surface area contributed by atoms with E-state index in [0.717, 1.165) is 10.5 Å². The zero-order chi connectivity index (χ0) is 14.8. The van der Waals surface area contributed by atoms with E-state index in [-0.39, 0.29) is 0 Å². The minimum Gasteiger partial charge on any atom is -0.479 e. The minimum atomic E-state index is -1.16. The molecule has 7 heteroatoms. The molecular formula is C13H16N4O2S. The van der Waals surface area contributed by atoms with Crippen molar-refractivity contribution in [1.82, 2.24) is 20.2 Å². The number of rotatable bonds is 5. The van der Waals surface area contributed by atoms with E-state index in [9.17, 15) is 9.90 Å². The van der Waals surface area contributed by atoms with Crippen molar-refractivity contribution < 1.29 is 9.90 Å². The molecule has 0 spiro atoms. The largest absolute Gasteiger partial charge is 0.479 e. The molecule has 1 aromatic heterocycles. The molecule has 1 N–H and O–H groups in total. The Kier molecular flexibility index (Phi) is 4.08. The number of hydrogen-bond acceptors (Lipinski definition) is 5. The summed E-state index contributed by atoms with van der Waals surface area (Å²) < 4.78 is 1.38. The highest BCUT2D eigenvalue weighted by atomic mass is 32.2. The Balaban J connectivity index is 2.49. The first kappa shape index (κ1) is 14.5. The minimum absolute atomic E-state index is 0.392. The lowest BCUT2D eigenvalue weighted by molar-refractivity contribution is -0.147. The van der Waals surface area contributed by atoms with E-state index in [2.05, 4.69) is 15.5 Å². The van der Waals surface area contributed by atoms with Crippen molar-refractivity contribution >= 4 is 17.7 Å². The van der Waals surface area contributed by atoms with Gasteiger partial charge in [0.15, 0.2) is 11.4 Å². The Hall–Kier alpha value is -1.89. The van der Waals surface area contributed by atoms with Gasteiger partial charge in [-0.05, 0) is 42.2 Å². The van der Waals surface area contributed by atoms with Gasteiger partial charge in [0, 0.05) is 10.5 Å². The number of thioether (sulfide) groups is 1. The van der Waals surface area contributed by atoms with Crippen LogP contribution >= 0.6 is 11.8 Å². The normalized spacial score (nSPS) is 13.9. The van der Waals surface area contributed by atoms with Gasteiger partial charge in [-0.15, -0.1) is 16.9 Å². The maximum atomic E-state index is 11.5. The van der Waals surface area contributed by atoms with Crippen molar-refractivity contribution in [1.29, 1.82) is 0 Å². The Labute approximate surface area is 121 Å². The molecule has 2 rings (SSSR count). The fourth-order valence-electron chi connectivity index (χ4n) is 1.83. The number of benzene rings is 1. The number of aromatic nitrogens is 4. The summed E-state index contributed by atoms with van der Waals surface area (Å²) in [7, 11) is 0. The second-order valence-corrected chi connectivity index (χ2v) is 5.46. The maximum Gasteiger partial charge on any atom is 0.331 e. The average molecular weight is 292 g/mol. The molecule has 1 unspecified atom stereocenters. The van der Waals surface area contributed by atoms with Gasteiger partial charge in [-0.3, -0.25) is 0 Å². The van der Waals surface area contributed by atoms with Crippen LogP contribution in [-0.2, 0) is 10.3 Å². The second kappa shape index (κ2) is 5.62. The molecule has 20 heavy (non-hydrogen) atoms. The number of carbonyl (C=O) groups is 1. The van der Waals surface area contributed by atoms with E-state index in [4.69, 9.17) is 0 Å². The van der Waals surface area contributed by atoms with Gasteiger partial charge in [0.1, 0.15) is 0 Å². The number of hydrogen-bond donors (Lipinski definition) is 1. The Bertz CT molecular complexity index is 611. The van der Waals surface area contributed by atoms with Crippen LogP contribution in [0.5, 0.6) is 0 Å². The van der Waals surface area contributed by atoms with Crippen molar-refractivity contribution in [3.63, 3.8) is 0 Å². The van der Waals surface area contributed by atoms with Gasteiger partial charge in [0.25, 0.3) is 0 Å². The van der Waals surface area contributed by atoms with Crippen LogP contribution in [0.3, 0.4) is 0 Å². The molecule has 6 nitrogen and oxygen atoms in total. The summed E-state index contributed by atoms with van der Waals surface area (Å²) in [5.41, 5.74) is -0.356. The van der Waals surface area contributed by atoms with Crippen LogP contribution < -0.4 is 0 Å². The SMILES string of the molecule is CCC(C)(C(=O)O)n1nnnc1-c1ccc(SC)cc1. The zero-order valence-electron chi connectivity index (χ0n) is 11.6. The molecule has 0 bridgehead atoms. The van der Waals surface area contributed by atoms with Crippen molar-refractivity contribution in [2.24, 2.45) is 0 Å². The molecule has 0 aliphatic heterocycles. The van der Waals surface area contributed by atoms with Crippen LogP contribution in [0.25, 0.3) is 11.4 Å². The van der Waals surface area contributed by atoms with Crippen molar-refractivity contribution in [2.75, 3.05) is 6.26 Å². The second-order valence-electron chi connectivity index (χ2n) is 4.58. The molecule has 0 saturated heterocycles. The van der Waals surface area contributed by atoms with Crippen LogP contribution in [0.1, 0.15) is 20.3 Å². The Morgan fingerprint density at radius 3 is 2.55 bits per heavy atom. The smallest absolute Gasteiger partial charge is 0.331 e. The molecule has 106 valence electrons. The highest BCUT2D eigenvalue weighted by molar-refractivity contribution is 7.98. The van der Waals surface area contributed by atoms with Gasteiger partial charge in [-0.2, -0.15) is 0 Å². The number of carboxylic acids is 1. The van der Waals surface area contributed by atoms with E-state index < -0.39 is 11.5 Å². The molecule has 0 radical (unpaired) electrons. The molecule has 0 aliphatic rings. The van der Waals surface area contributed by atoms with Crippen LogP contribution in [0.2, 0.25) is 0 Å². The van der Waals surface area contributed by atoms with Crippen molar-refractivity contribution in [3.05, 3.63) is 24.3 Å². The topological polar surface area (TPSA) is 80.9 Å². The maximum absolute atomic E-state index is 11.5. The highest BCUT2D eigenvalue weighted by Gasteiger charge is 2.37. The molecule has 1 aromatic carbocycles. The molecule has 1 atom stereocenters. The number of tetrazole rings is 1. The lowest BCUT2D eigenvalue weighted by atomic mass is 9.99. The van der Waals surface area contributed by atoms with Gasteiger partial charge < -0.3 is 5.11 Å². The van der Waals surface area contributed by atoms with Crippen LogP contribution in [0, 0.1) is 0 Å². The predicted octanol–water partition coefficient (Wildman–Crippen LogP) is 2.27. The van der Waals surface area contributed by atoms with Gasteiger partial charge >= 0.3 is 5.97 Å². The third-order valence-corrected chi connectivity index (χ3v) is 4.18. The molecule has 2 aromatic rings. The number of carboxylic acid groups (broad SMARTS) is 1. The van der Waals surface area contributed by atoms with E-state index in [1.165, 1.54) is 4.68 Å². The summed E-state index contributed by atoms with van der Waals surface area (Å²) in [5.74, 6) is -0.487. The molecule has 0 amide bonds. The summed E-state index contributed by atoms with van der Waals surface area (Å²) >= 11 is 1.64. The first-order chi connectivity index (χ1) is 9.52. The van der Waals surface area contributed by atoms with Gasteiger partial charge in [0.2, 0.25) is 0 Å². The predicted molar refractivity (Wildman–Crippen MR) is 76.6 cm³/mol. The summed E-state index contributed by atoms with van der Waals surface area (Å²) in [6.45, 7) is 3.42. The van der Waals surface area contributed by atoms with E-state index in [0.29, 0.717) is 12.2 Å². The third-order valence-electron chi connectivity index (χ3n) is 3.43. The summed E-state index contributed by atoms with van der Waals surface area (Å²) in [6, 6.07) is 7.71. The van der Waals surface area contributed by atoms with E-state index in [1.807, 2.05) is 30.5 Å². The average Bonchev–Trinajstić information content (AvgIpc) is 2.96. The fourth-order valence-corrected chi connectivity index (χ4v) is 2.24. The van der Waals surface area contributed by atoms with E-state index >= 15 is 0 Å². The van der Waals surface area contributed by atoms with Crippen LogP contribution in [0.15, 0.2) is 29.2 Å². The third kappa shape index (κ3) is 2.40. The summed E-state index contributed by atoms with van der Waals surface area (Å²) in [4.78, 5) is 12.6. The first-order valence-corrected chi connectivity index (χ1v) is 7.42. The standard InChI is InChI=1S/C13H16N4O2S/c1-4-13(2,12(18)19)17-11(14-15-16-17)9-5-7-10(20-3)8-6-9/h5-8H,4H2,1-3H3,(H,18,19). The lowest BCUT2D eigenvalue weighted by Gasteiger charge is -2.23. The van der Waals surface area contributed by atoms with Gasteiger partial charge in [-0.1, -0.05) is 19.1 Å². The van der Waals surface area contributed by atoms with Crippen molar-refractivity contribution in [2.45, 2.75) is 30.7 Å². The monoisotopic (exact) mass is 292 g/mol. The highest BCUT2D eigenvalue weighted by Crippen LogP contribution is 2.27. The Morgan fingerprint density at radius 2 is 2.05 bits per heavy atom. The summed E-state index contributed by atoms with van der Waals surface area (Å²) in [6.07, 6.45) is 2.39. The molecule has 0 fully saturated rings. The number of nitrogens with zero attached hydrogens (tertiary/aromatic N) is 4. The van der Waals surface area contributed by atoms with Gasteiger partial charge in [-0.25, -0.2) is 9.48 Å². The lowest BCUT2D eigenvalue weighted by Crippen LogP contribution is -2.39. The molecule has 0 aliphatic carbocycles. The van der Waals surface area contributed by atoms with Crippen LogP contribution in [0.4, 0.5) is 0 Å². The molecular weight excluding hydrogens is 276 g/mol. The zero-order valence-corrected chi connectivity index (χ0v) is 12.4. The number of aliphatic carboxylic acids is 1. The van der Waals surface area contributed by atoms with Crippen molar-refractivity contribution in [3.8, 4) is 11.4 Å². The van der Waals surface area contributed by atoms with E-state index in [1.54, 1.807) is 25.6 Å². The Morgan fingerprint density at radius 1 is 1.40 bits per heavy atom. The molecule has 1 heterocycles. The first-order valence-electron chi connectivity index (χ1n) is 6.19.